The highest BCUT2D eigenvalue weighted by molar-refractivity contribution is 5.59. The van der Waals surface area contributed by atoms with Gasteiger partial charge in [0.05, 0.1) is 25.1 Å². The Hall–Kier alpha value is -2.59. The molecule has 0 atom stereocenters. The van der Waals surface area contributed by atoms with Gasteiger partial charge in [0.15, 0.2) is 5.82 Å². The van der Waals surface area contributed by atoms with E-state index in [1.165, 1.54) is 0 Å². The molecule has 0 saturated carbocycles. The zero-order valence-corrected chi connectivity index (χ0v) is 13.8. The van der Waals surface area contributed by atoms with Crippen LogP contribution in [0.15, 0.2) is 24.0 Å². The van der Waals surface area contributed by atoms with E-state index in [1.807, 2.05) is 4.90 Å². The van der Waals surface area contributed by atoms with Gasteiger partial charge in [-0.05, 0) is 0 Å². The Morgan fingerprint density at radius 1 is 1.31 bits per heavy atom. The Kier molecular flexibility index (Phi) is 5.74. The molecule has 140 valence electrons. The van der Waals surface area contributed by atoms with Crippen molar-refractivity contribution in [2.75, 3.05) is 44.4 Å². The lowest BCUT2D eigenvalue weighted by molar-refractivity contribution is 0.122. The van der Waals surface area contributed by atoms with E-state index < -0.39 is 11.6 Å². The Morgan fingerprint density at radius 3 is 2.62 bits per heavy atom. The molecule has 1 aliphatic heterocycles. The van der Waals surface area contributed by atoms with Crippen LogP contribution in [0, 0.1) is 11.6 Å². The SMILES string of the molecule is NC/C(=C/F)COc1cc(F)c(-c2nc(N3CCOCC3)n[nH]2)c(F)c1. The summed E-state index contributed by atoms with van der Waals surface area (Å²) in [5, 5.41) is 6.56. The molecule has 0 bridgehead atoms. The average Bonchev–Trinajstić information content (AvgIpc) is 3.12. The number of hydrogen-bond donors (Lipinski definition) is 2. The number of benzene rings is 1. The Balaban J connectivity index is 1.79. The summed E-state index contributed by atoms with van der Waals surface area (Å²) in [5.74, 6) is -1.50. The Labute approximate surface area is 147 Å². The average molecular weight is 369 g/mol. The van der Waals surface area contributed by atoms with E-state index in [2.05, 4.69) is 15.2 Å². The maximum atomic E-state index is 14.4. The van der Waals surface area contributed by atoms with Crippen molar-refractivity contribution >= 4 is 5.95 Å². The molecule has 1 aliphatic rings. The van der Waals surface area contributed by atoms with Gasteiger partial charge >= 0.3 is 0 Å². The Morgan fingerprint density at radius 2 is 2.00 bits per heavy atom. The predicted molar refractivity (Wildman–Crippen MR) is 88.5 cm³/mol. The summed E-state index contributed by atoms with van der Waals surface area (Å²) in [7, 11) is 0. The number of halogens is 3. The molecule has 7 nitrogen and oxygen atoms in total. The number of ether oxygens (including phenoxy) is 2. The smallest absolute Gasteiger partial charge is 0.245 e. The molecule has 0 spiro atoms. The number of aromatic nitrogens is 3. The van der Waals surface area contributed by atoms with Gasteiger partial charge in [-0.3, -0.25) is 5.10 Å². The van der Waals surface area contributed by atoms with E-state index in [4.69, 9.17) is 15.2 Å². The van der Waals surface area contributed by atoms with Crippen LogP contribution in [-0.4, -0.2) is 54.6 Å². The van der Waals surface area contributed by atoms with Gasteiger partial charge in [0.2, 0.25) is 5.95 Å². The topological polar surface area (TPSA) is 89.3 Å². The number of rotatable bonds is 6. The third-order valence-electron chi connectivity index (χ3n) is 3.86. The van der Waals surface area contributed by atoms with Crippen LogP contribution >= 0.6 is 0 Å². The molecule has 10 heteroatoms. The quantitative estimate of drug-likeness (QED) is 0.807. The molecule has 1 fully saturated rings. The molecule has 1 saturated heterocycles. The predicted octanol–water partition coefficient (Wildman–Crippen LogP) is 1.78. The van der Waals surface area contributed by atoms with Crippen LogP contribution in [0.25, 0.3) is 11.4 Å². The molecule has 2 heterocycles. The van der Waals surface area contributed by atoms with Crippen LogP contribution < -0.4 is 15.4 Å². The van der Waals surface area contributed by atoms with Crippen LogP contribution in [0.5, 0.6) is 5.75 Å². The van der Waals surface area contributed by atoms with Crippen molar-refractivity contribution in [2.45, 2.75) is 0 Å². The molecule has 0 radical (unpaired) electrons. The fraction of sp³-hybridized carbons (Fsp3) is 0.375. The standard InChI is InChI=1S/C16H18F3N5O2/c17-7-10(8-20)9-26-11-5-12(18)14(13(19)6-11)15-21-16(23-22-15)24-1-3-25-4-2-24/h5-7H,1-4,8-9,20H2,(H,21,22,23)/b10-7-. The van der Waals surface area contributed by atoms with Gasteiger partial charge in [-0.15, -0.1) is 5.10 Å². The minimum absolute atomic E-state index is 0.0284. The highest BCUT2D eigenvalue weighted by atomic mass is 19.1. The lowest BCUT2D eigenvalue weighted by Crippen LogP contribution is -2.36. The second-order valence-electron chi connectivity index (χ2n) is 5.61. The van der Waals surface area contributed by atoms with E-state index >= 15 is 0 Å². The molecular weight excluding hydrogens is 351 g/mol. The number of nitrogens with zero attached hydrogens (tertiary/aromatic N) is 3. The molecule has 0 amide bonds. The first-order valence-electron chi connectivity index (χ1n) is 7.98. The Bertz CT molecular complexity index is 767. The summed E-state index contributed by atoms with van der Waals surface area (Å²) < 4.78 is 51.6. The maximum absolute atomic E-state index is 14.4. The van der Waals surface area contributed by atoms with Crippen molar-refractivity contribution in [1.82, 2.24) is 15.2 Å². The van der Waals surface area contributed by atoms with Crippen molar-refractivity contribution < 1.29 is 22.6 Å². The molecule has 1 aromatic heterocycles. The molecular formula is C16H18F3N5O2. The summed E-state index contributed by atoms with van der Waals surface area (Å²) in [6.07, 6.45) is 0.308. The van der Waals surface area contributed by atoms with E-state index in [9.17, 15) is 13.2 Å². The molecule has 0 unspecified atom stereocenters. The monoisotopic (exact) mass is 369 g/mol. The highest BCUT2D eigenvalue weighted by Gasteiger charge is 2.21. The summed E-state index contributed by atoms with van der Waals surface area (Å²) in [4.78, 5) is 6.02. The van der Waals surface area contributed by atoms with Gasteiger partial charge in [-0.1, -0.05) is 0 Å². The third-order valence-corrected chi connectivity index (χ3v) is 3.86. The van der Waals surface area contributed by atoms with E-state index in [0.29, 0.717) is 38.6 Å². The van der Waals surface area contributed by atoms with E-state index in [0.717, 1.165) is 12.1 Å². The van der Waals surface area contributed by atoms with Crippen LogP contribution in [0.1, 0.15) is 0 Å². The largest absolute Gasteiger partial charge is 0.489 e. The zero-order chi connectivity index (χ0) is 18.5. The second kappa shape index (κ2) is 8.19. The normalized spacial score (nSPS) is 15.4. The van der Waals surface area contributed by atoms with Crippen molar-refractivity contribution in [3.8, 4) is 17.1 Å². The fourth-order valence-electron chi connectivity index (χ4n) is 2.44. The number of nitrogens with one attached hydrogen (secondary N) is 1. The lowest BCUT2D eigenvalue weighted by atomic mass is 10.1. The minimum Gasteiger partial charge on any atom is -0.489 e. The van der Waals surface area contributed by atoms with Gasteiger partial charge in [0.1, 0.15) is 24.0 Å². The first-order valence-corrected chi connectivity index (χ1v) is 7.98. The van der Waals surface area contributed by atoms with Crippen LogP contribution in [-0.2, 0) is 4.74 Å². The van der Waals surface area contributed by atoms with Crippen LogP contribution in [0.4, 0.5) is 19.1 Å². The van der Waals surface area contributed by atoms with Crippen molar-refractivity contribution in [1.29, 1.82) is 0 Å². The third kappa shape index (κ3) is 3.97. The summed E-state index contributed by atoms with van der Waals surface area (Å²) in [6.45, 7) is 2.02. The molecule has 0 aliphatic carbocycles. The molecule has 26 heavy (non-hydrogen) atoms. The van der Waals surface area contributed by atoms with Crippen molar-refractivity contribution in [2.24, 2.45) is 5.73 Å². The number of hydrogen-bond acceptors (Lipinski definition) is 6. The van der Waals surface area contributed by atoms with Gasteiger partial charge in [0, 0.05) is 37.3 Å². The van der Waals surface area contributed by atoms with Crippen molar-refractivity contribution in [3.05, 3.63) is 35.7 Å². The molecule has 3 N–H and O–H groups in total. The van der Waals surface area contributed by atoms with E-state index in [1.54, 1.807) is 0 Å². The first kappa shape index (κ1) is 18.2. The van der Waals surface area contributed by atoms with Gasteiger partial charge in [-0.2, -0.15) is 4.98 Å². The van der Waals surface area contributed by atoms with Crippen molar-refractivity contribution in [3.63, 3.8) is 0 Å². The van der Waals surface area contributed by atoms with Gasteiger partial charge in [0.25, 0.3) is 0 Å². The number of aromatic amines is 1. The maximum Gasteiger partial charge on any atom is 0.245 e. The summed E-state index contributed by atoms with van der Waals surface area (Å²) in [6, 6.07) is 2.00. The second-order valence-corrected chi connectivity index (χ2v) is 5.61. The van der Waals surface area contributed by atoms with Crippen LogP contribution in [0.3, 0.4) is 0 Å². The molecule has 1 aromatic carbocycles. The number of nitrogens with two attached hydrogens (primary N) is 1. The number of morpholine rings is 1. The van der Waals surface area contributed by atoms with E-state index in [-0.39, 0.29) is 35.9 Å². The number of H-pyrrole nitrogens is 1. The van der Waals surface area contributed by atoms with Gasteiger partial charge < -0.3 is 20.1 Å². The zero-order valence-electron chi connectivity index (χ0n) is 13.8. The molecule has 3 rings (SSSR count). The molecule has 2 aromatic rings. The summed E-state index contributed by atoms with van der Waals surface area (Å²) in [5.41, 5.74) is 5.13. The summed E-state index contributed by atoms with van der Waals surface area (Å²) >= 11 is 0. The lowest BCUT2D eigenvalue weighted by Gasteiger charge is -2.25. The fourth-order valence-corrected chi connectivity index (χ4v) is 2.44. The number of anilines is 1. The van der Waals surface area contributed by atoms with Gasteiger partial charge in [-0.25, -0.2) is 13.2 Å². The highest BCUT2D eigenvalue weighted by Crippen LogP contribution is 2.28. The minimum atomic E-state index is -0.872. The first-order chi connectivity index (χ1) is 12.6. The van der Waals surface area contributed by atoms with Crippen LogP contribution in [0.2, 0.25) is 0 Å².